The average molecular weight is 279 g/mol. The van der Waals surface area contributed by atoms with E-state index in [0.29, 0.717) is 22.2 Å². The summed E-state index contributed by atoms with van der Waals surface area (Å²) in [5.74, 6) is 0.959. The summed E-state index contributed by atoms with van der Waals surface area (Å²) < 4.78 is 10.0. The monoisotopic (exact) mass is 278 g/mol. The Hall–Kier alpha value is -2.27. The van der Waals surface area contributed by atoms with Gasteiger partial charge in [0.1, 0.15) is 5.75 Å². The summed E-state index contributed by atoms with van der Waals surface area (Å²) >= 11 is 5.99. The maximum atomic E-state index is 11.6. The standard InChI is InChI=1S/C13H11ClN2O3/c1-18-9-4-5-12(11(14)7-9)16-13(17)19-10-3-2-6-15-8-10/h2-8H,1H3,(H,16,17). The van der Waals surface area contributed by atoms with Crippen molar-refractivity contribution in [3.63, 3.8) is 0 Å². The molecule has 1 amide bonds. The molecule has 0 unspecified atom stereocenters. The van der Waals surface area contributed by atoms with E-state index in [-0.39, 0.29) is 0 Å². The van der Waals surface area contributed by atoms with Gasteiger partial charge in [-0.3, -0.25) is 10.3 Å². The van der Waals surface area contributed by atoms with Gasteiger partial charge in [-0.05, 0) is 24.3 Å². The molecule has 1 aromatic heterocycles. The number of carbonyl (C=O) groups is 1. The molecule has 2 aromatic rings. The summed E-state index contributed by atoms with van der Waals surface area (Å²) in [6, 6.07) is 8.21. The zero-order valence-electron chi connectivity index (χ0n) is 10.1. The molecule has 1 N–H and O–H groups in total. The van der Waals surface area contributed by atoms with Crippen molar-refractivity contribution in [2.45, 2.75) is 0 Å². The van der Waals surface area contributed by atoms with Crippen LogP contribution in [-0.4, -0.2) is 18.2 Å². The largest absolute Gasteiger partial charge is 0.497 e. The third-order valence-corrected chi connectivity index (χ3v) is 2.57. The third kappa shape index (κ3) is 3.59. The molecule has 0 radical (unpaired) electrons. The van der Waals surface area contributed by atoms with Crippen molar-refractivity contribution in [2.75, 3.05) is 12.4 Å². The number of carbonyl (C=O) groups excluding carboxylic acids is 1. The van der Waals surface area contributed by atoms with Crippen molar-refractivity contribution in [1.29, 1.82) is 0 Å². The van der Waals surface area contributed by atoms with Crippen LogP contribution in [0.4, 0.5) is 10.5 Å². The summed E-state index contributed by atoms with van der Waals surface area (Å²) in [7, 11) is 1.54. The fraction of sp³-hybridized carbons (Fsp3) is 0.0769. The van der Waals surface area contributed by atoms with Gasteiger partial charge in [-0.2, -0.15) is 0 Å². The number of methoxy groups -OCH3 is 1. The van der Waals surface area contributed by atoms with E-state index in [9.17, 15) is 4.79 Å². The van der Waals surface area contributed by atoms with Crippen LogP contribution in [0.15, 0.2) is 42.7 Å². The highest BCUT2D eigenvalue weighted by Gasteiger charge is 2.08. The second-order valence-electron chi connectivity index (χ2n) is 3.55. The van der Waals surface area contributed by atoms with Gasteiger partial charge in [0.05, 0.1) is 24.0 Å². The van der Waals surface area contributed by atoms with Crippen molar-refractivity contribution in [1.82, 2.24) is 4.98 Å². The fourth-order valence-electron chi connectivity index (χ4n) is 1.37. The molecule has 0 bridgehead atoms. The number of anilines is 1. The maximum absolute atomic E-state index is 11.6. The van der Waals surface area contributed by atoms with E-state index in [2.05, 4.69) is 10.3 Å². The maximum Gasteiger partial charge on any atom is 0.417 e. The van der Waals surface area contributed by atoms with Gasteiger partial charge in [-0.1, -0.05) is 11.6 Å². The molecule has 1 aromatic carbocycles. The third-order valence-electron chi connectivity index (χ3n) is 2.26. The topological polar surface area (TPSA) is 60.5 Å². The molecule has 0 aliphatic rings. The van der Waals surface area contributed by atoms with Crippen molar-refractivity contribution < 1.29 is 14.3 Å². The van der Waals surface area contributed by atoms with Crippen LogP contribution in [0.1, 0.15) is 0 Å². The molecule has 19 heavy (non-hydrogen) atoms. The SMILES string of the molecule is COc1ccc(NC(=O)Oc2cccnc2)c(Cl)c1. The van der Waals surface area contributed by atoms with Crippen LogP contribution in [0.5, 0.6) is 11.5 Å². The van der Waals surface area contributed by atoms with Gasteiger partial charge >= 0.3 is 6.09 Å². The highest BCUT2D eigenvalue weighted by molar-refractivity contribution is 6.33. The first-order chi connectivity index (χ1) is 9.19. The first-order valence-electron chi connectivity index (χ1n) is 5.41. The van der Waals surface area contributed by atoms with Crippen LogP contribution in [0.25, 0.3) is 0 Å². The number of benzene rings is 1. The van der Waals surface area contributed by atoms with Gasteiger partial charge in [0, 0.05) is 12.3 Å². The first-order valence-corrected chi connectivity index (χ1v) is 5.79. The van der Waals surface area contributed by atoms with Gasteiger partial charge in [-0.15, -0.1) is 0 Å². The van der Waals surface area contributed by atoms with E-state index in [1.54, 1.807) is 36.5 Å². The van der Waals surface area contributed by atoms with Gasteiger partial charge in [0.15, 0.2) is 5.75 Å². The number of rotatable bonds is 3. The van der Waals surface area contributed by atoms with E-state index < -0.39 is 6.09 Å². The summed E-state index contributed by atoms with van der Waals surface area (Å²) in [4.78, 5) is 15.5. The number of nitrogens with zero attached hydrogens (tertiary/aromatic N) is 1. The first kappa shape index (κ1) is 13.2. The van der Waals surface area contributed by atoms with Gasteiger partial charge in [-0.25, -0.2) is 4.79 Å². The van der Waals surface area contributed by atoms with Crippen molar-refractivity contribution in [2.24, 2.45) is 0 Å². The molecule has 0 aliphatic heterocycles. The van der Waals surface area contributed by atoms with Crippen LogP contribution in [0.2, 0.25) is 5.02 Å². The lowest BCUT2D eigenvalue weighted by Gasteiger charge is -2.08. The van der Waals surface area contributed by atoms with E-state index in [1.807, 2.05) is 0 Å². The number of aromatic nitrogens is 1. The summed E-state index contributed by atoms with van der Waals surface area (Å²) in [6.45, 7) is 0. The molecule has 0 atom stereocenters. The predicted molar refractivity (Wildman–Crippen MR) is 71.9 cm³/mol. The second-order valence-corrected chi connectivity index (χ2v) is 3.96. The van der Waals surface area contributed by atoms with Crippen molar-refractivity contribution in [3.05, 3.63) is 47.7 Å². The Bertz CT molecular complexity index is 575. The number of amides is 1. The Labute approximate surface area is 115 Å². The zero-order chi connectivity index (χ0) is 13.7. The number of halogens is 1. The zero-order valence-corrected chi connectivity index (χ0v) is 10.8. The lowest BCUT2D eigenvalue weighted by molar-refractivity contribution is 0.215. The minimum absolute atomic E-state index is 0.352. The van der Waals surface area contributed by atoms with E-state index in [1.165, 1.54) is 13.3 Å². The van der Waals surface area contributed by atoms with Crippen molar-refractivity contribution in [3.8, 4) is 11.5 Å². The predicted octanol–water partition coefficient (Wildman–Crippen LogP) is 3.35. The number of pyridine rings is 1. The normalized spacial score (nSPS) is 9.79. The average Bonchev–Trinajstić information content (AvgIpc) is 2.42. The lowest BCUT2D eigenvalue weighted by atomic mass is 10.3. The Morgan fingerprint density at radius 3 is 2.79 bits per heavy atom. The minimum Gasteiger partial charge on any atom is -0.497 e. The highest BCUT2D eigenvalue weighted by Crippen LogP contribution is 2.26. The Morgan fingerprint density at radius 2 is 2.16 bits per heavy atom. The number of ether oxygens (including phenoxy) is 2. The van der Waals surface area contributed by atoms with Gasteiger partial charge in [0.25, 0.3) is 0 Å². The van der Waals surface area contributed by atoms with Gasteiger partial charge in [0.2, 0.25) is 0 Å². The molecule has 2 rings (SSSR count). The van der Waals surface area contributed by atoms with E-state index in [0.717, 1.165) is 0 Å². The molecule has 0 spiro atoms. The Kier molecular flexibility index (Phi) is 4.20. The van der Waals surface area contributed by atoms with E-state index >= 15 is 0 Å². The molecule has 6 heteroatoms. The minimum atomic E-state index is -0.639. The van der Waals surface area contributed by atoms with E-state index in [4.69, 9.17) is 21.1 Å². The summed E-state index contributed by atoms with van der Waals surface area (Å²) in [5.41, 5.74) is 0.441. The fourth-order valence-corrected chi connectivity index (χ4v) is 1.59. The van der Waals surface area contributed by atoms with Crippen LogP contribution in [-0.2, 0) is 0 Å². The molecule has 0 saturated heterocycles. The van der Waals surface area contributed by atoms with Crippen LogP contribution in [0, 0.1) is 0 Å². The second kappa shape index (κ2) is 6.06. The molecule has 98 valence electrons. The molecule has 0 aliphatic carbocycles. The summed E-state index contributed by atoms with van der Waals surface area (Å²) in [5, 5.41) is 2.90. The lowest BCUT2D eigenvalue weighted by Crippen LogP contribution is -2.17. The number of hydrogen-bond acceptors (Lipinski definition) is 4. The molecular formula is C13H11ClN2O3. The molecule has 5 nitrogen and oxygen atoms in total. The Morgan fingerprint density at radius 1 is 1.32 bits per heavy atom. The summed E-state index contributed by atoms with van der Waals surface area (Å²) in [6.07, 6.45) is 2.39. The number of hydrogen-bond donors (Lipinski definition) is 1. The quantitative estimate of drug-likeness (QED) is 0.935. The van der Waals surface area contributed by atoms with Crippen LogP contribution in [0.3, 0.4) is 0 Å². The van der Waals surface area contributed by atoms with Crippen molar-refractivity contribution >= 4 is 23.4 Å². The molecule has 1 heterocycles. The highest BCUT2D eigenvalue weighted by atomic mass is 35.5. The van der Waals surface area contributed by atoms with Crippen LogP contribution >= 0.6 is 11.6 Å². The molecule has 0 saturated carbocycles. The molecular weight excluding hydrogens is 268 g/mol. The van der Waals surface area contributed by atoms with Crippen LogP contribution < -0.4 is 14.8 Å². The smallest absolute Gasteiger partial charge is 0.417 e. The molecule has 0 fully saturated rings. The van der Waals surface area contributed by atoms with Gasteiger partial charge < -0.3 is 9.47 Å². The Balaban J connectivity index is 2.03. The number of nitrogens with one attached hydrogen (secondary N) is 1.